The molecule has 0 aliphatic rings. The van der Waals surface area contributed by atoms with E-state index >= 15 is 0 Å². The molecule has 2 rings (SSSR count). The van der Waals surface area contributed by atoms with E-state index in [1.54, 1.807) is 0 Å². The first-order valence-corrected chi connectivity index (χ1v) is 7.59. The van der Waals surface area contributed by atoms with Gasteiger partial charge in [0.15, 0.2) is 0 Å². The maximum atomic E-state index is 12.9. The maximum absolute atomic E-state index is 12.9. The van der Waals surface area contributed by atoms with E-state index in [2.05, 4.69) is 4.99 Å². The van der Waals surface area contributed by atoms with Crippen molar-refractivity contribution in [1.29, 1.82) is 0 Å². The molecule has 0 saturated carbocycles. The number of hydrogen-bond donors (Lipinski definition) is 1. The molecule has 0 unspecified atom stereocenters. The van der Waals surface area contributed by atoms with Gasteiger partial charge >= 0.3 is 6.18 Å². The van der Waals surface area contributed by atoms with Gasteiger partial charge in [-0.2, -0.15) is 13.2 Å². The number of aliphatic hydroxyl groups is 1. The van der Waals surface area contributed by atoms with Crippen LogP contribution >= 0.6 is 11.6 Å². The van der Waals surface area contributed by atoms with Crippen LogP contribution in [0.4, 0.5) is 18.9 Å². The molecule has 0 heterocycles. The van der Waals surface area contributed by atoms with Crippen LogP contribution in [0.5, 0.6) is 5.75 Å². The standard InChI is InChI=1S/C18H13ClF3NO3/c1-26-14-8-2-11(3-9-14)16(24)15(17(25)18(20,21)22)10-23-13-6-4-12(19)5-7-13/h2-10,24H,1H3/b16-15-,23-10?. The molecular formula is C18H13ClF3NO3. The van der Waals surface area contributed by atoms with Crippen molar-refractivity contribution >= 4 is 35.0 Å². The zero-order chi connectivity index (χ0) is 19.3. The predicted molar refractivity (Wildman–Crippen MR) is 93.2 cm³/mol. The normalized spacial score (nSPS) is 12.8. The zero-order valence-corrected chi connectivity index (χ0v) is 14.2. The largest absolute Gasteiger partial charge is 0.506 e. The molecule has 1 N–H and O–H groups in total. The lowest BCUT2D eigenvalue weighted by atomic mass is 10.0. The van der Waals surface area contributed by atoms with Gasteiger partial charge in [0.1, 0.15) is 11.5 Å². The number of nitrogens with zero attached hydrogens (tertiary/aromatic N) is 1. The number of rotatable bonds is 5. The molecule has 0 aromatic heterocycles. The topological polar surface area (TPSA) is 58.9 Å². The highest BCUT2D eigenvalue weighted by atomic mass is 35.5. The number of aliphatic imine (C=N–C) groups is 1. The van der Waals surface area contributed by atoms with Crippen LogP contribution in [0.3, 0.4) is 0 Å². The van der Waals surface area contributed by atoms with Crippen molar-refractivity contribution < 1.29 is 27.8 Å². The molecule has 0 saturated heterocycles. The van der Waals surface area contributed by atoms with Gasteiger partial charge in [0, 0.05) is 16.8 Å². The summed E-state index contributed by atoms with van der Waals surface area (Å²) in [5, 5.41) is 10.6. The summed E-state index contributed by atoms with van der Waals surface area (Å²) in [4.78, 5) is 15.5. The van der Waals surface area contributed by atoms with E-state index in [-0.39, 0.29) is 11.3 Å². The maximum Gasteiger partial charge on any atom is 0.455 e. The molecule has 0 atom stereocenters. The summed E-state index contributed by atoms with van der Waals surface area (Å²) in [6.07, 6.45) is -4.49. The molecule has 136 valence electrons. The lowest BCUT2D eigenvalue weighted by Gasteiger charge is -2.09. The summed E-state index contributed by atoms with van der Waals surface area (Å²) in [6.45, 7) is 0. The van der Waals surface area contributed by atoms with Crippen LogP contribution < -0.4 is 4.74 Å². The number of ether oxygens (including phenoxy) is 1. The molecular weight excluding hydrogens is 371 g/mol. The van der Waals surface area contributed by atoms with Gasteiger partial charge in [-0.15, -0.1) is 0 Å². The first-order chi connectivity index (χ1) is 12.2. The van der Waals surface area contributed by atoms with Crippen LogP contribution in [-0.4, -0.2) is 30.4 Å². The van der Waals surface area contributed by atoms with Gasteiger partial charge in [0.2, 0.25) is 0 Å². The number of ketones is 1. The number of carbonyl (C=O) groups is 1. The Bertz CT molecular complexity index is 841. The first-order valence-electron chi connectivity index (χ1n) is 7.21. The number of carbonyl (C=O) groups excluding carboxylic acids is 1. The number of aliphatic hydroxyl groups excluding tert-OH is 1. The van der Waals surface area contributed by atoms with Crippen molar-refractivity contribution in [3.05, 3.63) is 64.7 Å². The highest BCUT2D eigenvalue weighted by Crippen LogP contribution is 2.26. The summed E-state index contributed by atoms with van der Waals surface area (Å²) in [5.41, 5.74) is -0.692. The molecule has 0 radical (unpaired) electrons. The van der Waals surface area contributed by atoms with E-state index in [9.17, 15) is 23.1 Å². The van der Waals surface area contributed by atoms with E-state index in [0.29, 0.717) is 17.0 Å². The van der Waals surface area contributed by atoms with E-state index < -0.39 is 23.3 Å². The van der Waals surface area contributed by atoms with Crippen molar-refractivity contribution in [2.45, 2.75) is 6.18 Å². The lowest BCUT2D eigenvalue weighted by molar-refractivity contribution is -0.165. The fourth-order valence-corrected chi connectivity index (χ4v) is 2.08. The van der Waals surface area contributed by atoms with E-state index in [1.165, 1.54) is 55.6 Å². The summed E-state index contributed by atoms with van der Waals surface area (Å²) in [5.74, 6) is -2.60. The Morgan fingerprint density at radius 1 is 1.12 bits per heavy atom. The van der Waals surface area contributed by atoms with Crippen LogP contribution in [0.1, 0.15) is 5.56 Å². The number of halogens is 4. The van der Waals surface area contributed by atoms with Crippen molar-refractivity contribution in [2.75, 3.05) is 7.11 Å². The average Bonchev–Trinajstić information content (AvgIpc) is 2.62. The number of hydrogen-bond acceptors (Lipinski definition) is 4. The van der Waals surface area contributed by atoms with E-state index in [0.717, 1.165) is 0 Å². The third-order valence-electron chi connectivity index (χ3n) is 3.29. The smallest absolute Gasteiger partial charge is 0.455 e. The van der Waals surface area contributed by atoms with Crippen molar-refractivity contribution in [3.63, 3.8) is 0 Å². The lowest BCUT2D eigenvalue weighted by Crippen LogP contribution is -2.26. The van der Waals surface area contributed by atoms with Gasteiger partial charge in [-0.1, -0.05) is 11.6 Å². The zero-order valence-electron chi connectivity index (χ0n) is 13.4. The van der Waals surface area contributed by atoms with E-state index in [1.807, 2.05) is 0 Å². The minimum Gasteiger partial charge on any atom is -0.506 e. The number of alkyl halides is 3. The van der Waals surface area contributed by atoms with Crippen LogP contribution in [0.15, 0.2) is 59.1 Å². The molecule has 26 heavy (non-hydrogen) atoms. The Balaban J connectivity index is 2.48. The monoisotopic (exact) mass is 383 g/mol. The third kappa shape index (κ3) is 4.86. The first kappa shape index (κ1) is 19.5. The fourth-order valence-electron chi connectivity index (χ4n) is 1.95. The Labute approximate surface area is 152 Å². The average molecular weight is 384 g/mol. The second-order valence-corrected chi connectivity index (χ2v) is 5.49. The van der Waals surface area contributed by atoms with Gasteiger partial charge in [-0.05, 0) is 48.5 Å². The van der Waals surface area contributed by atoms with E-state index in [4.69, 9.17) is 16.3 Å². The van der Waals surface area contributed by atoms with Crippen molar-refractivity contribution in [3.8, 4) is 5.75 Å². The molecule has 0 bridgehead atoms. The third-order valence-corrected chi connectivity index (χ3v) is 3.54. The Morgan fingerprint density at radius 3 is 2.19 bits per heavy atom. The molecule has 0 spiro atoms. The number of Topliss-reactive ketones (excluding diaryl/α,β-unsaturated/α-hetero) is 1. The molecule has 0 aliphatic carbocycles. The van der Waals surface area contributed by atoms with Crippen molar-refractivity contribution in [1.82, 2.24) is 0 Å². The van der Waals surface area contributed by atoms with Gasteiger partial charge in [-0.25, -0.2) is 0 Å². The van der Waals surface area contributed by atoms with Gasteiger partial charge in [-0.3, -0.25) is 9.79 Å². The highest BCUT2D eigenvalue weighted by Gasteiger charge is 2.41. The molecule has 4 nitrogen and oxygen atoms in total. The fraction of sp³-hybridized carbons (Fsp3) is 0.111. The minimum absolute atomic E-state index is 0.0148. The minimum atomic E-state index is -5.16. The SMILES string of the molecule is COc1ccc(/C(O)=C(\C=Nc2ccc(Cl)cc2)C(=O)C(F)(F)F)cc1. The second kappa shape index (κ2) is 8.05. The Hall–Kier alpha value is -2.80. The molecule has 0 amide bonds. The molecule has 0 aliphatic heterocycles. The quantitative estimate of drug-likeness (QED) is 0.441. The highest BCUT2D eigenvalue weighted by molar-refractivity contribution is 6.30. The van der Waals surface area contributed by atoms with Gasteiger partial charge in [0.05, 0.1) is 18.4 Å². The van der Waals surface area contributed by atoms with Gasteiger partial charge in [0.25, 0.3) is 5.78 Å². The molecule has 2 aromatic rings. The van der Waals surface area contributed by atoms with Crippen LogP contribution in [0.2, 0.25) is 5.02 Å². The summed E-state index contributed by atoms with van der Waals surface area (Å²) < 4.78 is 43.6. The van der Waals surface area contributed by atoms with Crippen LogP contribution in [-0.2, 0) is 4.79 Å². The number of methoxy groups -OCH3 is 1. The molecule has 2 aromatic carbocycles. The summed E-state index contributed by atoms with van der Waals surface area (Å²) >= 11 is 5.73. The molecule has 8 heteroatoms. The van der Waals surface area contributed by atoms with Crippen molar-refractivity contribution in [2.24, 2.45) is 4.99 Å². The number of benzene rings is 2. The Kier molecular flexibility index (Phi) is 6.05. The van der Waals surface area contributed by atoms with Crippen LogP contribution in [0.25, 0.3) is 5.76 Å². The van der Waals surface area contributed by atoms with Crippen LogP contribution in [0, 0.1) is 0 Å². The predicted octanol–water partition coefficient (Wildman–Crippen LogP) is 5.15. The summed E-state index contributed by atoms with van der Waals surface area (Å²) in [7, 11) is 1.42. The number of allylic oxidation sites excluding steroid dienone is 1. The summed E-state index contributed by atoms with van der Waals surface area (Å²) in [6, 6.07) is 11.4. The second-order valence-electron chi connectivity index (χ2n) is 5.05. The molecule has 0 fully saturated rings. The van der Waals surface area contributed by atoms with Gasteiger partial charge < -0.3 is 9.84 Å². The Morgan fingerprint density at radius 2 is 1.69 bits per heavy atom.